The Balaban J connectivity index is 1.43. The van der Waals surface area contributed by atoms with Gasteiger partial charge in [0.15, 0.2) is 11.5 Å². The highest BCUT2D eigenvalue weighted by Gasteiger charge is 2.33. The highest BCUT2D eigenvalue weighted by atomic mass is 79.9. The number of hydrogen-bond acceptors (Lipinski definition) is 4. The minimum absolute atomic E-state index is 0.183. The van der Waals surface area contributed by atoms with Crippen LogP contribution in [0.5, 0.6) is 11.5 Å². The molecule has 1 N–H and O–H groups in total. The molecule has 0 atom stereocenters. The van der Waals surface area contributed by atoms with E-state index in [9.17, 15) is 9.59 Å². The molecule has 0 radical (unpaired) electrons. The van der Waals surface area contributed by atoms with E-state index in [0.717, 1.165) is 31.9 Å². The third-order valence-corrected chi connectivity index (χ3v) is 7.13. The van der Waals surface area contributed by atoms with Crippen molar-refractivity contribution in [2.24, 2.45) is 0 Å². The smallest absolute Gasteiger partial charge is 0.329 e. The number of amides is 3. The monoisotopic (exact) mass is 596 g/mol. The normalized spacial score (nSPS) is 14.1. The number of allylic oxidation sites excluding steroid dienone is 1. The van der Waals surface area contributed by atoms with Gasteiger partial charge in [-0.15, -0.1) is 6.58 Å². The summed E-state index contributed by atoms with van der Waals surface area (Å²) in [5.74, 6) is 0.820. The van der Waals surface area contributed by atoms with Gasteiger partial charge in [-0.2, -0.15) is 0 Å². The molecule has 0 aromatic heterocycles. The summed E-state index contributed by atoms with van der Waals surface area (Å²) in [6.07, 6.45) is 4.01. The zero-order valence-electron chi connectivity index (χ0n) is 22.2. The van der Waals surface area contributed by atoms with Gasteiger partial charge in [-0.1, -0.05) is 76.6 Å². The first-order valence-electron chi connectivity index (χ1n) is 13.1. The van der Waals surface area contributed by atoms with E-state index in [-0.39, 0.29) is 18.1 Å². The molecule has 40 heavy (non-hydrogen) atoms. The molecule has 0 aliphatic carbocycles. The van der Waals surface area contributed by atoms with Crippen molar-refractivity contribution < 1.29 is 19.1 Å². The van der Waals surface area contributed by atoms with Crippen LogP contribution in [-0.2, 0) is 24.4 Å². The van der Waals surface area contributed by atoms with Crippen molar-refractivity contribution >= 4 is 44.7 Å². The lowest BCUT2D eigenvalue weighted by molar-refractivity contribution is -0.123. The van der Waals surface area contributed by atoms with Crippen molar-refractivity contribution in [1.29, 1.82) is 0 Å². The van der Waals surface area contributed by atoms with Gasteiger partial charge in [0.2, 0.25) is 0 Å². The van der Waals surface area contributed by atoms with Gasteiger partial charge >= 0.3 is 6.03 Å². The Kier molecular flexibility index (Phi) is 8.31. The topological polar surface area (TPSA) is 67.9 Å². The van der Waals surface area contributed by atoms with Crippen molar-refractivity contribution in [2.75, 3.05) is 6.61 Å². The second kappa shape index (κ2) is 12.2. The largest absolute Gasteiger partial charge is 0.490 e. The fourth-order valence-corrected chi connectivity index (χ4v) is 4.99. The number of hydrogen-bond donors (Lipinski definition) is 1. The molecule has 5 rings (SSSR count). The summed E-state index contributed by atoms with van der Waals surface area (Å²) in [6.45, 7) is 6.81. The summed E-state index contributed by atoms with van der Waals surface area (Å²) >= 11 is 3.40. The fraction of sp³-hybridized carbons (Fsp3) is 0.152. The number of carbonyl (C=O) groups excluding carboxylic acids is 2. The van der Waals surface area contributed by atoms with Gasteiger partial charge in [-0.3, -0.25) is 9.69 Å². The van der Waals surface area contributed by atoms with E-state index in [4.69, 9.17) is 9.47 Å². The van der Waals surface area contributed by atoms with E-state index in [0.29, 0.717) is 36.7 Å². The first-order chi connectivity index (χ1) is 19.5. The number of imide groups is 1. The Morgan fingerprint density at radius 1 is 0.950 bits per heavy atom. The van der Waals surface area contributed by atoms with Crippen LogP contribution in [0.4, 0.5) is 4.79 Å². The number of nitrogens with one attached hydrogen (secondary N) is 1. The standard InChI is InChI=1S/C33H29BrN2O4/c1-3-8-25-17-23(18-29-32(37)36(33(38)35-29)20-22-13-15-27(34)16-14-22)19-30(39-4-2)31(25)40-21-26-11-7-10-24-9-5-6-12-28(24)26/h3,5-7,9-19H,1,4,8,20-21H2,2H3,(H,35,38)/b29-18+. The average molecular weight is 598 g/mol. The number of carbonyl (C=O) groups is 2. The molecule has 1 aliphatic rings. The van der Waals surface area contributed by atoms with Gasteiger partial charge < -0.3 is 14.8 Å². The lowest BCUT2D eigenvalue weighted by Gasteiger charge is -2.17. The number of rotatable bonds is 10. The van der Waals surface area contributed by atoms with E-state index < -0.39 is 6.03 Å². The number of urea groups is 1. The minimum Gasteiger partial charge on any atom is -0.490 e. The second-order valence-electron chi connectivity index (χ2n) is 9.37. The molecule has 1 saturated heterocycles. The number of nitrogens with zero attached hydrogens (tertiary/aromatic N) is 1. The molecule has 0 saturated carbocycles. The molecule has 7 heteroatoms. The lowest BCUT2D eigenvalue weighted by Crippen LogP contribution is -2.30. The molecular weight excluding hydrogens is 568 g/mol. The number of fused-ring (bicyclic) bond motifs is 1. The number of benzene rings is 4. The highest BCUT2D eigenvalue weighted by molar-refractivity contribution is 9.10. The van der Waals surface area contributed by atoms with E-state index in [2.05, 4.69) is 52.1 Å². The minimum atomic E-state index is -0.453. The number of halogens is 1. The van der Waals surface area contributed by atoms with Crippen LogP contribution in [-0.4, -0.2) is 23.4 Å². The molecule has 1 fully saturated rings. The molecule has 1 heterocycles. The van der Waals surface area contributed by atoms with Crippen LogP contribution in [0.15, 0.2) is 102 Å². The van der Waals surface area contributed by atoms with Gasteiger partial charge in [0.25, 0.3) is 5.91 Å². The van der Waals surface area contributed by atoms with Gasteiger partial charge in [-0.05, 0) is 71.1 Å². The van der Waals surface area contributed by atoms with Crippen LogP contribution in [0.3, 0.4) is 0 Å². The van der Waals surface area contributed by atoms with Crippen LogP contribution in [0.1, 0.15) is 29.2 Å². The van der Waals surface area contributed by atoms with Crippen LogP contribution in [0.2, 0.25) is 0 Å². The van der Waals surface area contributed by atoms with E-state index >= 15 is 0 Å². The highest BCUT2D eigenvalue weighted by Crippen LogP contribution is 2.36. The van der Waals surface area contributed by atoms with Gasteiger partial charge in [0.1, 0.15) is 12.3 Å². The summed E-state index contributed by atoms with van der Waals surface area (Å²) in [7, 11) is 0. The van der Waals surface area contributed by atoms with E-state index in [1.807, 2.05) is 61.5 Å². The van der Waals surface area contributed by atoms with Crippen LogP contribution < -0.4 is 14.8 Å². The Morgan fingerprint density at radius 2 is 1.73 bits per heavy atom. The maximum atomic E-state index is 13.1. The van der Waals surface area contributed by atoms with Crippen molar-refractivity contribution in [3.63, 3.8) is 0 Å². The molecule has 1 aliphatic heterocycles. The first-order valence-corrected chi connectivity index (χ1v) is 13.8. The van der Waals surface area contributed by atoms with Gasteiger partial charge in [0, 0.05) is 10.0 Å². The number of ether oxygens (including phenoxy) is 2. The third kappa shape index (κ3) is 5.95. The van der Waals surface area contributed by atoms with Crippen molar-refractivity contribution in [1.82, 2.24) is 10.2 Å². The maximum Gasteiger partial charge on any atom is 0.329 e. The summed E-state index contributed by atoms with van der Waals surface area (Å²) < 4.78 is 13.3. The fourth-order valence-electron chi connectivity index (χ4n) is 4.72. The quantitative estimate of drug-likeness (QED) is 0.118. The van der Waals surface area contributed by atoms with Crippen LogP contribution >= 0.6 is 15.9 Å². The molecule has 202 valence electrons. The molecule has 4 aromatic carbocycles. The maximum absolute atomic E-state index is 13.1. The lowest BCUT2D eigenvalue weighted by atomic mass is 10.0. The van der Waals surface area contributed by atoms with E-state index in [1.165, 1.54) is 4.90 Å². The Hall–Kier alpha value is -4.36. The Morgan fingerprint density at radius 3 is 2.50 bits per heavy atom. The SMILES string of the molecule is C=CCc1cc(/C=C2/NC(=O)N(Cc3ccc(Br)cc3)C2=O)cc(OCC)c1OCc1cccc2ccccc12. The third-order valence-electron chi connectivity index (χ3n) is 6.60. The summed E-state index contributed by atoms with van der Waals surface area (Å²) in [6, 6.07) is 25.2. The predicted octanol–water partition coefficient (Wildman–Crippen LogP) is 7.40. The molecule has 3 amide bonds. The van der Waals surface area contributed by atoms with Gasteiger partial charge in [-0.25, -0.2) is 4.79 Å². The molecule has 0 spiro atoms. The second-order valence-corrected chi connectivity index (χ2v) is 10.3. The molecule has 0 unspecified atom stereocenters. The zero-order valence-corrected chi connectivity index (χ0v) is 23.7. The van der Waals surface area contributed by atoms with Gasteiger partial charge in [0.05, 0.1) is 13.2 Å². The molecular formula is C33H29BrN2O4. The molecule has 4 aromatic rings. The van der Waals surface area contributed by atoms with Crippen molar-refractivity contribution in [2.45, 2.75) is 26.5 Å². The first kappa shape index (κ1) is 27.2. The van der Waals surface area contributed by atoms with Crippen molar-refractivity contribution in [3.8, 4) is 11.5 Å². The molecule has 0 bridgehead atoms. The van der Waals surface area contributed by atoms with E-state index in [1.54, 1.807) is 12.2 Å². The predicted molar refractivity (Wildman–Crippen MR) is 161 cm³/mol. The summed E-state index contributed by atoms with van der Waals surface area (Å²) in [5.41, 5.74) is 3.72. The average Bonchev–Trinajstić information content (AvgIpc) is 3.21. The molecule has 6 nitrogen and oxygen atoms in total. The van der Waals surface area contributed by atoms with Crippen LogP contribution in [0.25, 0.3) is 16.8 Å². The van der Waals surface area contributed by atoms with Crippen molar-refractivity contribution in [3.05, 3.63) is 124 Å². The summed E-state index contributed by atoms with van der Waals surface area (Å²) in [5, 5.41) is 5.00. The van der Waals surface area contributed by atoms with Crippen LogP contribution in [0, 0.1) is 0 Å². The Labute approximate surface area is 242 Å². The summed E-state index contributed by atoms with van der Waals surface area (Å²) in [4.78, 5) is 27.0. The zero-order chi connectivity index (χ0) is 28.1. The Bertz CT molecular complexity index is 1610.